The van der Waals surface area contributed by atoms with Gasteiger partial charge in [-0.2, -0.15) is 0 Å². The van der Waals surface area contributed by atoms with Crippen molar-refractivity contribution < 1.29 is 0 Å². The fourth-order valence-corrected chi connectivity index (χ4v) is 2.73. The number of aryl methyl sites for hydroxylation is 1. The van der Waals surface area contributed by atoms with E-state index in [1.165, 1.54) is 0 Å². The largest absolute Gasteiger partial charge is 0.326 e. The Balaban J connectivity index is 2.06. The van der Waals surface area contributed by atoms with Crippen molar-refractivity contribution in [2.24, 2.45) is 7.05 Å². The molecule has 0 radical (unpaired) electrons. The predicted octanol–water partition coefficient (Wildman–Crippen LogP) is 3.54. The highest BCUT2D eigenvalue weighted by Gasteiger charge is 2.14. The summed E-state index contributed by atoms with van der Waals surface area (Å²) in [5.41, 5.74) is 3.75. The van der Waals surface area contributed by atoms with Gasteiger partial charge in [-0.3, -0.25) is 4.40 Å². The Morgan fingerprint density at radius 3 is 2.80 bits per heavy atom. The summed E-state index contributed by atoms with van der Waals surface area (Å²) in [6.45, 7) is 0. The first-order valence-electron chi connectivity index (χ1n) is 6.29. The Morgan fingerprint density at radius 1 is 1.10 bits per heavy atom. The second kappa shape index (κ2) is 4.08. The average Bonchev–Trinajstić information content (AvgIpc) is 3.02. The Morgan fingerprint density at radius 2 is 1.95 bits per heavy atom. The molecule has 0 N–H and O–H groups in total. The van der Waals surface area contributed by atoms with Gasteiger partial charge in [0.05, 0.1) is 22.3 Å². The van der Waals surface area contributed by atoms with Crippen molar-refractivity contribution in [1.82, 2.24) is 18.9 Å². The maximum atomic E-state index is 6.17. The van der Waals surface area contributed by atoms with Gasteiger partial charge < -0.3 is 4.57 Å². The number of rotatable bonds is 1. The second-order valence-corrected chi connectivity index (χ2v) is 5.08. The van der Waals surface area contributed by atoms with E-state index < -0.39 is 0 Å². The Labute approximate surface area is 120 Å². The minimum atomic E-state index is 0.637. The summed E-state index contributed by atoms with van der Waals surface area (Å²) in [6, 6.07) is 11.8. The Bertz CT molecular complexity index is 936. The number of para-hydroxylation sites is 2. The number of imidazole rings is 2. The molecule has 0 atom stereocenters. The van der Waals surface area contributed by atoms with Crippen molar-refractivity contribution in [2.45, 2.75) is 0 Å². The van der Waals surface area contributed by atoms with Gasteiger partial charge in [-0.1, -0.05) is 23.7 Å². The third kappa shape index (κ3) is 1.48. The predicted molar refractivity (Wildman–Crippen MR) is 79.9 cm³/mol. The molecule has 0 aliphatic heterocycles. The maximum absolute atomic E-state index is 6.17. The van der Waals surface area contributed by atoms with Crippen molar-refractivity contribution >= 4 is 28.3 Å². The molecule has 0 bridgehead atoms. The topological polar surface area (TPSA) is 35.1 Å². The van der Waals surface area contributed by atoms with Crippen LogP contribution in [0.5, 0.6) is 0 Å². The fraction of sp³-hybridized carbons (Fsp3) is 0.0667. The van der Waals surface area contributed by atoms with Gasteiger partial charge in [0.15, 0.2) is 11.5 Å². The van der Waals surface area contributed by atoms with Gasteiger partial charge in [0.2, 0.25) is 0 Å². The number of fused-ring (bicyclic) bond motifs is 2. The molecular formula is C15H11ClN4. The number of hydrogen-bond donors (Lipinski definition) is 0. The van der Waals surface area contributed by atoms with E-state index in [-0.39, 0.29) is 0 Å². The van der Waals surface area contributed by atoms with Crippen LogP contribution in [0.1, 0.15) is 0 Å². The summed E-state index contributed by atoms with van der Waals surface area (Å²) in [4.78, 5) is 9.08. The van der Waals surface area contributed by atoms with Crippen LogP contribution in [-0.4, -0.2) is 18.9 Å². The average molecular weight is 283 g/mol. The summed E-state index contributed by atoms with van der Waals surface area (Å²) in [7, 11) is 2.01. The molecule has 4 nitrogen and oxygen atoms in total. The number of halogens is 1. The summed E-state index contributed by atoms with van der Waals surface area (Å²) < 4.78 is 4.03. The second-order valence-electron chi connectivity index (χ2n) is 4.68. The molecule has 1 aromatic carbocycles. The van der Waals surface area contributed by atoms with Crippen LogP contribution < -0.4 is 0 Å². The normalized spacial score (nSPS) is 11.5. The number of benzene rings is 1. The zero-order valence-electron chi connectivity index (χ0n) is 10.8. The van der Waals surface area contributed by atoms with E-state index >= 15 is 0 Å². The monoisotopic (exact) mass is 282 g/mol. The van der Waals surface area contributed by atoms with Crippen LogP contribution in [0.4, 0.5) is 0 Å². The maximum Gasteiger partial charge on any atom is 0.159 e. The van der Waals surface area contributed by atoms with Gasteiger partial charge in [0.25, 0.3) is 0 Å². The van der Waals surface area contributed by atoms with E-state index in [9.17, 15) is 0 Å². The first kappa shape index (κ1) is 11.5. The van der Waals surface area contributed by atoms with Crippen LogP contribution in [0.3, 0.4) is 0 Å². The van der Waals surface area contributed by atoms with Gasteiger partial charge in [-0.05, 0) is 24.3 Å². The molecule has 0 fully saturated rings. The Hall–Kier alpha value is -2.33. The van der Waals surface area contributed by atoms with Gasteiger partial charge in [-0.25, -0.2) is 9.97 Å². The van der Waals surface area contributed by atoms with Crippen LogP contribution in [-0.2, 0) is 7.05 Å². The van der Waals surface area contributed by atoms with Crippen molar-refractivity contribution in [2.75, 3.05) is 0 Å². The summed E-state index contributed by atoms with van der Waals surface area (Å²) in [5.74, 6) is 0.876. The van der Waals surface area contributed by atoms with Crippen LogP contribution in [0, 0.1) is 0 Å². The Kier molecular flexibility index (Phi) is 2.35. The van der Waals surface area contributed by atoms with Crippen molar-refractivity contribution in [1.29, 1.82) is 0 Å². The third-order valence-corrected chi connectivity index (χ3v) is 3.80. The van der Waals surface area contributed by atoms with Crippen LogP contribution >= 0.6 is 11.6 Å². The fourth-order valence-electron chi connectivity index (χ4n) is 2.52. The highest BCUT2D eigenvalue weighted by atomic mass is 35.5. The smallest absolute Gasteiger partial charge is 0.159 e. The lowest BCUT2D eigenvalue weighted by atomic mass is 10.3. The number of aromatic nitrogens is 4. The molecule has 5 heteroatoms. The SMILES string of the molecule is Cn1c(-c2cnc3c(Cl)cccn23)nc2ccccc21. The van der Waals surface area contributed by atoms with E-state index in [0.29, 0.717) is 5.02 Å². The lowest BCUT2D eigenvalue weighted by Crippen LogP contribution is -1.96. The highest BCUT2D eigenvalue weighted by molar-refractivity contribution is 6.33. The number of nitrogens with zero attached hydrogens (tertiary/aromatic N) is 4. The molecule has 0 aliphatic carbocycles. The molecule has 3 heterocycles. The van der Waals surface area contributed by atoms with Crippen molar-refractivity contribution in [3.63, 3.8) is 0 Å². The van der Waals surface area contributed by atoms with Crippen molar-refractivity contribution in [3.8, 4) is 11.5 Å². The van der Waals surface area contributed by atoms with Gasteiger partial charge in [-0.15, -0.1) is 0 Å². The lowest BCUT2D eigenvalue weighted by Gasteiger charge is -2.03. The first-order valence-corrected chi connectivity index (χ1v) is 6.67. The van der Waals surface area contributed by atoms with Gasteiger partial charge in [0, 0.05) is 13.2 Å². The van der Waals surface area contributed by atoms with Crippen molar-refractivity contribution in [3.05, 3.63) is 53.8 Å². The lowest BCUT2D eigenvalue weighted by molar-refractivity contribution is 0.946. The van der Waals surface area contributed by atoms with Gasteiger partial charge in [0.1, 0.15) is 5.69 Å². The van der Waals surface area contributed by atoms with Crippen LogP contribution in [0.2, 0.25) is 5.02 Å². The molecule has 20 heavy (non-hydrogen) atoms. The molecule has 0 aliphatic rings. The van der Waals surface area contributed by atoms with Gasteiger partial charge >= 0.3 is 0 Å². The zero-order valence-corrected chi connectivity index (χ0v) is 11.5. The summed E-state index contributed by atoms with van der Waals surface area (Å²) in [6.07, 6.45) is 3.76. The van der Waals surface area contributed by atoms with Crippen LogP contribution in [0.25, 0.3) is 28.2 Å². The van der Waals surface area contributed by atoms with E-state index in [2.05, 4.69) is 15.6 Å². The van der Waals surface area contributed by atoms with E-state index in [1.807, 2.05) is 54.2 Å². The van der Waals surface area contributed by atoms with E-state index in [0.717, 1.165) is 28.2 Å². The number of hydrogen-bond acceptors (Lipinski definition) is 2. The molecule has 4 rings (SSSR count). The molecule has 0 saturated heterocycles. The highest BCUT2D eigenvalue weighted by Crippen LogP contribution is 2.26. The molecule has 0 amide bonds. The summed E-state index contributed by atoms with van der Waals surface area (Å²) in [5, 5.41) is 0.637. The minimum absolute atomic E-state index is 0.637. The molecule has 98 valence electrons. The van der Waals surface area contributed by atoms with Crippen LogP contribution in [0.15, 0.2) is 48.8 Å². The molecule has 3 aromatic heterocycles. The minimum Gasteiger partial charge on any atom is -0.326 e. The quantitative estimate of drug-likeness (QED) is 0.535. The summed E-state index contributed by atoms with van der Waals surface area (Å²) >= 11 is 6.17. The van der Waals surface area contributed by atoms with E-state index in [4.69, 9.17) is 16.6 Å². The van der Waals surface area contributed by atoms with E-state index in [1.54, 1.807) is 0 Å². The molecule has 4 aromatic rings. The molecule has 0 unspecified atom stereocenters. The molecule has 0 spiro atoms. The standard InChI is InChI=1S/C15H11ClN4/c1-19-12-7-3-2-6-11(12)18-15(19)13-9-17-14-10(16)5-4-8-20(13)14/h2-9H,1H3. The number of pyridine rings is 1. The third-order valence-electron chi connectivity index (χ3n) is 3.50. The molecule has 0 saturated carbocycles. The first-order chi connectivity index (χ1) is 9.75. The zero-order chi connectivity index (χ0) is 13.7. The molecular weight excluding hydrogens is 272 g/mol.